The van der Waals surface area contributed by atoms with Gasteiger partial charge in [-0.2, -0.15) is 4.99 Å². The van der Waals surface area contributed by atoms with Gasteiger partial charge in [-0.25, -0.2) is 4.99 Å². The number of fused-ring (bicyclic) bond motifs is 2. The highest BCUT2D eigenvalue weighted by atomic mass is 35.5. The highest BCUT2D eigenvalue weighted by molar-refractivity contribution is 6.32. The molecule has 0 radical (unpaired) electrons. The first-order valence-electron chi connectivity index (χ1n) is 10.4. The van der Waals surface area contributed by atoms with Gasteiger partial charge in [0, 0.05) is 18.3 Å². The van der Waals surface area contributed by atoms with Gasteiger partial charge in [-0.15, -0.1) is 0 Å². The Labute approximate surface area is 191 Å². The Morgan fingerprint density at radius 3 is 2.19 bits per heavy atom. The second-order valence-corrected chi connectivity index (χ2v) is 8.07. The number of halogens is 1. The van der Waals surface area contributed by atoms with Crippen molar-refractivity contribution in [3.8, 4) is 0 Å². The van der Waals surface area contributed by atoms with Crippen LogP contribution in [0.25, 0.3) is 0 Å². The van der Waals surface area contributed by atoms with Gasteiger partial charge in [-0.3, -0.25) is 4.79 Å². The Morgan fingerprint density at radius 1 is 0.875 bits per heavy atom. The van der Waals surface area contributed by atoms with Gasteiger partial charge in [-0.1, -0.05) is 96.5 Å². The summed E-state index contributed by atoms with van der Waals surface area (Å²) in [6.07, 6.45) is 5.49. The van der Waals surface area contributed by atoms with Crippen molar-refractivity contribution in [3.63, 3.8) is 0 Å². The number of benzene rings is 3. The van der Waals surface area contributed by atoms with Crippen LogP contribution < -0.4 is 0 Å². The zero-order valence-corrected chi connectivity index (χ0v) is 18.0. The number of nitrogens with zero attached hydrogens (tertiary/aromatic N) is 3. The van der Waals surface area contributed by atoms with E-state index < -0.39 is 5.92 Å². The van der Waals surface area contributed by atoms with Crippen molar-refractivity contribution in [2.75, 3.05) is 0 Å². The first-order valence-corrected chi connectivity index (χ1v) is 10.8. The van der Waals surface area contributed by atoms with Crippen molar-refractivity contribution in [1.82, 2.24) is 4.90 Å². The SMILES string of the molecule is O=C(N=C1N=C2C=CC(Cl)=CN2Cc2ccccc21)C(c1ccccc1)c1ccccc1. The molecule has 0 aliphatic carbocycles. The molecule has 0 bridgehead atoms. The number of rotatable bonds is 3. The Balaban J connectivity index is 1.62. The van der Waals surface area contributed by atoms with Crippen LogP contribution in [0.3, 0.4) is 0 Å². The van der Waals surface area contributed by atoms with Gasteiger partial charge >= 0.3 is 0 Å². The van der Waals surface area contributed by atoms with E-state index in [9.17, 15) is 4.79 Å². The molecular formula is C27H20ClN3O. The van der Waals surface area contributed by atoms with E-state index in [4.69, 9.17) is 16.6 Å². The standard InChI is InChI=1S/C27H20ClN3O/c28-22-15-16-24-29-26(23-14-8-7-13-21(23)17-31(24)18-22)30-27(32)25(19-9-3-1-4-10-19)20-11-5-2-6-12-20/h1-16,18,25H,17H2. The van der Waals surface area contributed by atoms with Crippen molar-refractivity contribution in [1.29, 1.82) is 0 Å². The summed E-state index contributed by atoms with van der Waals surface area (Å²) in [6.45, 7) is 0.601. The molecule has 5 heteroatoms. The molecule has 0 spiro atoms. The van der Waals surface area contributed by atoms with E-state index in [1.165, 1.54) is 0 Å². The smallest absolute Gasteiger partial charge is 0.259 e. The number of amides is 1. The Bertz CT molecular complexity index is 1240. The van der Waals surface area contributed by atoms with Gasteiger partial charge in [0.05, 0.1) is 11.0 Å². The summed E-state index contributed by atoms with van der Waals surface area (Å²) in [6, 6.07) is 27.4. The fourth-order valence-electron chi connectivity index (χ4n) is 3.99. The summed E-state index contributed by atoms with van der Waals surface area (Å²) in [5, 5.41) is 0.631. The van der Waals surface area contributed by atoms with E-state index >= 15 is 0 Å². The summed E-state index contributed by atoms with van der Waals surface area (Å²) < 4.78 is 0. The highest BCUT2D eigenvalue weighted by Crippen LogP contribution is 2.28. The van der Waals surface area contributed by atoms with Crippen LogP contribution in [0, 0.1) is 0 Å². The lowest BCUT2D eigenvalue weighted by atomic mass is 9.90. The molecule has 4 nitrogen and oxygen atoms in total. The highest BCUT2D eigenvalue weighted by Gasteiger charge is 2.26. The van der Waals surface area contributed by atoms with Gasteiger partial charge in [0.2, 0.25) is 0 Å². The fraction of sp³-hybridized carbons (Fsp3) is 0.0741. The van der Waals surface area contributed by atoms with Gasteiger partial charge in [0.1, 0.15) is 5.84 Å². The van der Waals surface area contributed by atoms with Gasteiger partial charge in [0.25, 0.3) is 5.91 Å². The van der Waals surface area contributed by atoms with Gasteiger partial charge in [-0.05, 0) is 28.8 Å². The number of amidine groups is 2. The normalized spacial score (nSPS) is 16.2. The summed E-state index contributed by atoms with van der Waals surface area (Å²) in [5.74, 6) is 0.357. The molecule has 0 N–H and O–H groups in total. The third kappa shape index (κ3) is 4.05. The molecule has 2 aliphatic heterocycles. The molecule has 32 heavy (non-hydrogen) atoms. The van der Waals surface area contributed by atoms with E-state index in [-0.39, 0.29) is 5.91 Å². The quantitative estimate of drug-likeness (QED) is 0.531. The van der Waals surface area contributed by atoms with Crippen LogP contribution in [0.2, 0.25) is 0 Å². The minimum absolute atomic E-state index is 0.252. The summed E-state index contributed by atoms with van der Waals surface area (Å²) in [7, 11) is 0. The Kier molecular flexibility index (Phi) is 5.53. The molecule has 2 aliphatic rings. The number of hydrogen-bond donors (Lipinski definition) is 0. The fourth-order valence-corrected chi connectivity index (χ4v) is 4.17. The number of carbonyl (C=O) groups excluding carboxylic acids is 1. The zero-order chi connectivity index (χ0) is 21.9. The molecule has 0 atom stereocenters. The lowest BCUT2D eigenvalue weighted by Crippen LogP contribution is -2.25. The predicted molar refractivity (Wildman–Crippen MR) is 129 cm³/mol. The van der Waals surface area contributed by atoms with Crippen molar-refractivity contribution < 1.29 is 4.79 Å². The third-order valence-corrected chi connectivity index (χ3v) is 5.74. The summed E-state index contributed by atoms with van der Waals surface area (Å²) >= 11 is 6.21. The average Bonchev–Trinajstić information content (AvgIpc) is 2.97. The van der Waals surface area contributed by atoms with Crippen molar-refractivity contribution in [2.45, 2.75) is 12.5 Å². The van der Waals surface area contributed by atoms with E-state index in [2.05, 4.69) is 4.99 Å². The summed E-state index contributed by atoms with van der Waals surface area (Å²) in [4.78, 5) is 24.9. The van der Waals surface area contributed by atoms with Crippen LogP contribution in [-0.2, 0) is 11.3 Å². The van der Waals surface area contributed by atoms with Crippen molar-refractivity contribution >= 4 is 29.2 Å². The second kappa shape index (κ2) is 8.77. The molecule has 0 unspecified atom stereocenters. The maximum Gasteiger partial charge on any atom is 0.259 e. The lowest BCUT2D eigenvalue weighted by Gasteiger charge is -2.21. The molecule has 1 amide bonds. The first kappa shape index (κ1) is 20.2. The third-order valence-electron chi connectivity index (χ3n) is 5.51. The topological polar surface area (TPSA) is 45.0 Å². The minimum Gasteiger partial charge on any atom is -0.327 e. The zero-order valence-electron chi connectivity index (χ0n) is 17.2. The maximum absolute atomic E-state index is 13.6. The molecule has 0 aromatic heterocycles. The van der Waals surface area contributed by atoms with Crippen LogP contribution in [0.15, 0.2) is 118 Å². The van der Waals surface area contributed by atoms with Crippen LogP contribution in [0.5, 0.6) is 0 Å². The van der Waals surface area contributed by atoms with Gasteiger partial charge < -0.3 is 4.90 Å². The molecular weight excluding hydrogens is 418 g/mol. The molecule has 5 rings (SSSR count). The largest absolute Gasteiger partial charge is 0.327 e. The van der Waals surface area contributed by atoms with E-state index in [1.54, 1.807) is 6.08 Å². The van der Waals surface area contributed by atoms with E-state index in [0.29, 0.717) is 23.2 Å². The van der Waals surface area contributed by atoms with E-state index in [0.717, 1.165) is 22.3 Å². The van der Waals surface area contributed by atoms with E-state index in [1.807, 2.05) is 102 Å². The molecule has 3 aromatic rings. The minimum atomic E-state index is -0.507. The molecule has 0 saturated heterocycles. The van der Waals surface area contributed by atoms with Crippen LogP contribution >= 0.6 is 11.6 Å². The molecule has 0 fully saturated rings. The van der Waals surface area contributed by atoms with Crippen molar-refractivity contribution in [2.24, 2.45) is 9.98 Å². The molecule has 156 valence electrons. The number of aliphatic imine (C=N–C) groups is 2. The summed E-state index contributed by atoms with van der Waals surface area (Å²) in [5.41, 5.74) is 3.68. The van der Waals surface area contributed by atoms with Crippen LogP contribution in [-0.4, -0.2) is 22.5 Å². The molecule has 2 heterocycles. The second-order valence-electron chi connectivity index (χ2n) is 7.63. The van der Waals surface area contributed by atoms with Crippen LogP contribution in [0.4, 0.5) is 0 Å². The number of carbonyl (C=O) groups is 1. The average molecular weight is 438 g/mol. The van der Waals surface area contributed by atoms with Crippen molar-refractivity contribution in [3.05, 3.63) is 131 Å². The first-order chi connectivity index (χ1) is 15.7. The molecule has 0 saturated carbocycles. The monoisotopic (exact) mass is 437 g/mol. The van der Waals surface area contributed by atoms with Gasteiger partial charge in [0.15, 0.2) is 5.84 Å². The predicted octanol–water partition coefficient (Wildman–Crippen LogP) is 5.66. The molecule has 3 aromatic carbocycles. The number of hydrogen-bond acceptors (Lipinski definition) is 2. The number of allylic oxidation sites excluding steroid dienone is 2. The maximum atomic E-state index is 13.6. The van der Waals surface area contributed by atoms with Crippen LogP contribution in [0.1, 0.15) is 28.2 Å². The lowest BCUT2D eigenvalue weighted by molar-refractivity contribution is -0.118. The Morgan fingerprint density at radius 2 is 1.50 bits per heavy atom. The Hall–Kier alpha value is -3.76.